The molecule has 0 saturated heterocycles. The highest BCUT2D eigenvalue weighted by Crippen LogP contribution is 2.09. The van der Waals surface area contributed by atoms with Gasteiger partial charge in [0, 0.05) is 5.92 Å². The zero-order valence-corrected chi connectivity index (χ0v) is 8.60. The van der Waals surface area contributed by atoms with Crippen LogP contribution in [-0.4, -0.2) is 27.3 Å². The summed E-state index contributed by atoms with van der Waals surface area (Å²) in [6.07, 6.45) is 1.87. The maximum atomic E-state index is 11.2. The summed E-state index contributed by atoms with van der Waals surface area (Å²) in [5.41, 5.74) is 0. The number of thioether (sulfide) groups is 1. The molecule has 1 aromatic heterocycles. The first-order valence-electron chi connectivity index (χ1n) is 3.90. The van der Waals surface area contributed by atoms with Gasteiger partial charge in [-0.25, -0.2) is 5.10 Å². The molecule has 0 spiro atoms. The molecule has 1 amide bonds. The van der Waals surface area contributed by atoms with E-state index in [1.54, 1.807) is 0 Å². The van der Waals surface area contributed by atoms with Crippen LogP contribution in [-0.2, 0) is 4.79 Å². The molecule has 0 aliphatic carbocycles. The number of carbonyl (C=O) groups excluding carboxylic acids is 1. The molecular formula is C7H12N4OS. The molecular weight excluding hydrogens is 188 g/mol. The number of nitrogens with zero attached hydrogens (tertiary/aromatic N) is 2. The lowest BCUT2D eigenvalue weighted by Gasteiger charge is -2.02. The van der Waals surface area contributed by atoms with Crippen LogP contribution in [0.4, 0.5) is 5.95 Å². The lowest BCUT2D eigenvalue weighted by Crippen LogP contribution is -2.18. The Balaban J connectivity index is 2.59. The van der Waals surface area contributed by atoms with E-state index in [9.17, 15) is 4.79 Å². The molecule has 6 heteroatoms. The maximum absolute atomic E-state index is 11.2. The Kier molecular flexibility index (Phi) is 3.30. The van der Waals surface area contributed by atoms with Crippen LogP contribution in [0, 0.1) is 5.92 Å². The highest BCUT2D eigenvalue weighted by Gasteiger charge is 2.09. The van der Waals surface area contributed by atoms with Crippen molar-refractivity contribution in [1.82, 2.24) is 15.2 Å². The number of amides is 1. The molecule has 2 N–H and O–H groups in total. The number of H-pyrrole nitrogens is 1. The molecule has 0 aliphatic rings. The lowest BCUT2D eigenvalue weighted by atomic mass is 10.2. The molecule has 0 atom stereocenters. The van der Waals surface area contributed by atoms with E-state index >= 15 is 0 Å². The van der Waals surface area contributed by atoms with Gasteiger partial charge in [-0.05, 0) is 6.26 Å². The van der Waals surface area contributed by atoms with Crippen LogP contribution in [0.15, 0.2) is 5.16 Å². The predicted molar refractivity (Wildman–Crippen MR) is 51.6 cm³/mol. The summed E-state index contributed by atoms with van der Waals surface area (Å²) in [6.45, 7) is 3.64. The minimum Gasteiger partial charge on any atom is -0.295 e. The zero-order chi connectivity index (χ0) is 9.84. The van der Waals surface area contributed by atoms with Crippen LogP contribution in [0.3, 0.4) is 0 Å². The Morgan fingerprint density at radius 3 is 2.77 bits per heavy atom. The van der Waals surface area contributed by atoms with Crippen molar-refractivity contribution in [2.45, 2.75) is 19.0 Å². The van der Waals surface area contributed by atoms with Gasteiger partial charge in [0.15, 0.2) is 0 Å². The van der Waals surface area contributed by atoms with Crippen LogP contribution in [0.2, 0.25) is 0 Å². The van der Waals surface area contributed by atoms with Crippen molar-refractivity contribution in [3.8, 4) is 0 Å². The van der Waals surface area contributed by atoms with Gasteiger partial charge in [-0.2, -0.15) is 4.98 Å². The van der Waals surface area contributed by atoms with Gasteiger partial charge in [0.1, 0.15) is 0 Å². The van der Waals surface area contributed by atoms with Gasteiger partial charge in [0.2, 0.25) is 17.0 Å². The second kappa shape index (κ2) is 4.27. The first-order chi connectivity index (χ1) is 6.13. The molecule has 0 unspecified atom stereocenters. The summed E-state index contributed by atoms with van der Waals surface area (Å²) in [5, 5.41) is 9.73. The SMILES string of the molecule is CSc1n[nH]c(NC(=O)C(C)C)n1. The number of rotatable bonds is 3. The monoisotopic (exact) mass is 200 g/mol. The number of anilines is 1. The van der Waals surface area contributed by atoms with Crippen LogP contribution in [0.5, 0.6) is 0 Å². The summed E-state index contributed by atoms with van der Waals surface area (Å²) >= 11 is 1.42. The molecule has 1 aromatic rings. The van der Waals surface area contributed by atoms with Gasteiger partial charge in [-0.1, -0.05) is 25.6 Å². The van der Waals surface area contributed by atoms with E-state index in [2.05, 4.69) is 20.5 Å². The third kappa shape index (κ3) is 2.73. The number of aromatic nitrogens is 3. The fourth-order valence-corrected chi connectivity index (χ4v) is 0.974. The second-order valence-corrected chi connectivity index (χ2v) is 3.59. The van der Waals surface area contributed by atoms with E-state index < -0.39 is 0 Å². The average Bonchev–Trinajstić information content (AvgIpc) is 2.52. The van der Waals surface area contributed by atoms with Crippen molar-refractivity contribution < 1.29 is 4.79 Å². The van der Waals surface area contributed by atoms with Crippen molar-refractivity contribution >= 4 is 23.6 Å². The van der Waals surface area contributed by atoms with Gasteiger partial charge in [-0.3, -0.25) is 10.1 Å². The fourth-order valence-electron chi connectivity index (χ4n) is 0.655. The number of aromatic amines is 1. The summed E-state index contributed by atoms with van der Waals surface area (Å²) < 4.78 is 0. The van der Waals surface area contributed by atoms with Crippen molar-refractivity contribution in [1.29, 1.82) is 0 Å². The second-order valence-electron chi connectivity index (χ2n) is 2.81. The van der Waals surface area contributed by atoms with Crippen LogP contribution < -0.4 is 5.32 Å². The van der Waals surface area contributed by atoms with Gasteiger partial charge in [0.05, 0.1) is 0 Å². The molecule has 0 aliphatic heterocycles. The zero-order valence-electron chi connectivity index (χ0n) is 7.79. The van der Waals surface area contributed by atoms with Crippen LogP contribution in [0.25, 0.3) is 0 Å². The minimum absolute atomic E-state index is 0.0529. The van der Waals surface area contributed by atoms with E-state index in [-0.39, 0.29) is 11.8 Å². The van der Waals surface area contributed by atoms with E-state index in [0.717, 1.165) is 0 Å². The molecule has 1 heterocycles. The van der Waals surface area contributed by atoms with Crippen molar-refractivity contribution in [2.24, 2.45) is 5.92 Å². The largest absolute Gasteiger partial charge is 0.295 e. The third-order valence-corrected chi connectivity index (χ3v) is 1.96. The molecule has 0 fully saturated rings. The smallest absolute Gasteiger partial charge is 0.229 e. The van der Waals surface area contributed by atoms with E-state index in [0.29, 0.717) is 11.1 Å². The standard InChI is InChI=1S/C7H12N4OS/c1-4(2)5(12)8-6-9-7(13-3)11-10-6/h4H,1-3H3,(H2,8,9,10,11,12). The Bertz CT molecular complexity index is 296. The Hall–Kier alpha value is -1.04. The Morgan fingerprint density at radius 1 is 1.62 bits per heavy atom. The molecule has 0 radical (unpaired) electrons. The number of carbonyl (C=O) groups is 1. The first kappa shape index (κ1) is 10.0. The van der Waals surface area contributed by atoms with E-state index in [1.807, 2.05) is 20.1 Å². The Morgan fingerprint density at radius 2 is 2.31 bits per heavy atom. The van der Waals surface area contributed by atoms with Crippen molar-refractivity contribution in [3.63, 3.8) is 0 Å². The van der Waals surface area contributed by atoms with Crippen LogP contribution in [0.1, 0.15) is 13.8 Å². The van der Waals surface area contributed by atoms with Gasteiger partial charge >= 0.3 is 0 Å². The van der Waals surface area contributed by atoms with Crippen molar-refractivity contribution in [2.75, 3.05) is 11.6 Å². The molecule has 5 nitrogen and oxygen atoms in total. The third-order valence-electron chi connectivity index (χ3n) is 1.41. The normalized spacial score (nSPS) is 10.5. The molecule has 0 bridgehead atoms. The van der Waals surface area contributed by atoms with Gasteiger partial charge in [0.25, 0.3) is 0 Å². The molecule has 0 saturated carbocycles. The lowest BCUT2D eigenvalue weighted by molar-refractivity contribution is -0.118. The summed E-state index contributed by atoms with van der Waals surface area (Å²) in [5.74, 6) is 0.287. The van der Waals surface area contributed by atoms with Crippen molar-refractivity contribution in [3.05, 3.63) is 0 Å². The first-order valence-corrected chi connectivity index (χ1v) is 5.13. The summed E-state index contributed by atoms with van der Waals surface area (Å²) in [7, 11) is 0. The van der Waals surface area contributed by atoms with Gasteiger partial charge < -0.3 is 0 Å². The highest BCUT2D eigenvalue weighted by molar-refractivity contribution is 7.98. The number of hydrogen-bond acceptors (Lipinski definition) is 4. The molecule has 72 valence electrons. The van der Waals surface area contributed by atoms with E-state index in [4.69, 9.17) is 0 Å². The van der Waals surface area contributed by atoms with Gasteiger partial charge in [-0.15, -0.1) is 5.10 Å². The summed E-state index contributed by atoms with van der Waals surface area (Å²) in [6, 6.07) is 0. The summed E-state index contributed by atoms with van der Waals surface area (Å²) in [4.78, 5) is 15.2. The van der Waals surface area contributed by atoms with E-state index in [1.165, 1.54) is 11.8 Å². The molecule has 13 heavy (non-hydrogen) atoms. The number of hydrogen-bond donors (Lipinski definition) is 2. The fraction of sp³-hybridized carbons (Fsp3) is 0.571. The minimum atomic E-state index is -0.0659. The van der Waals surface area contributed by atoms with Crippen LogP contribution >= 0.6 is 11.8 Å². The quantitative estimate of drug-likeness (QED) is 0.717. The molecule has 0 aromatic carbocycles. The average molecular weight is 200 g/mol. The highest BCUT2D eigenvalue weighted by atomic mass is 32.2. The topological polar surface area (TPSA) is 70.7 Å². The number of nitrogens with one attached hydrogen (secondary N) is 2. The maximum Gasteiger partial charge on any atom is 0.229 e. The Labute approximate surface area is 80.7 Å². The predicted octanol–water partition coefficient (Wildman–Crippen LogP) is 1.12. The molecule has 1 rings (SSSR count).